The monoisotopic (exact) mass is 406 g/mol. The number of ether oxygens (including phenoxy) is 2. The number of allylic oxidation sites excluding steroid dienone is 2. The van der Waals surface area contributed by atoms with Gasteiger partial charge in [-0.15, -0.1) is 0 Å². The van der Waals surface area contributed by atoms with Gasteiger partial charge in [0.2, 0.25) is 0 Å². The van der Waals surface area contributed by atoms with E-state index in [2.05, 4.69) is 5.32 Å². The molecule has 1 N–H and O–H groups in total. The zero-order chi connectivity index (χ0) is 21.8. The largest absolute Gasteiger partial charge is 0.545 e. The summed E-state index contributed by atoms with van der Waals surface area (Å²) >= 11 is 0. The van der Waals surface area contributed by atoms with Crippen LogP contribution < -0.4 is 15.2 Å². The molecule has 1 aliphatic heterocycles. The number of carbonyl (C=O) groups excluding carboxylic acids is 2. The van der Waals surface area contributed by atoms with E-state index in [1.807, 2.05) is 31.2 Å². The van der Waals surface area contributed by atoms with Gasteiger partial charge in [-0.25, -0.2) is 4.79 Å². The number of para-hydroxylation sites is 1. The van der Waals surface area contributed by atoms with Crippen LogP contribution in [-0.2, 0) is 20.9 Å². The van der Waals surface area contributed by atoms with Crippen molar-refractivity contribution in [3.05, 3.63) is 87.8 Å². The number of carboxylic acid groups (broad SMARTS) is 1. The first-order valence-electron chi connectivity index (χ1n) is 9.59. The van der Waals surface area contributed by atoms with Crippen LogP contribution in [0, 0.1) is 6.92 Å². The number of benzene rings is 2. The van der Waals surface area contributed by atoms with Crippen molar-refractivity contribution in [3.63, 3.8) is 0 Å². The lowest BCUT2D eigenvalue weighted by Gasteiger charge is -2.32. The third-order valence-corrected chi connectivity index (χ3v) is 5.13. The Kier molecular flexibility index (Phi) is 6.26. The molecule has 0 aromatic heterocycles. The van der Waals surface area contributed by atoms with Crippen LogP contribution in [0.3, 0.4) is 0 Å². The minimum absolute atomic E-state index is 0.0209. The summed E-state index contributed by atoms with van der Waals surface area (Å²) < 4.78 is 11.0. The third kappa shape index (κ3) is 4.22. The number of aliphatic carboxylic acids is 1. The van der Waals surface area contributed by atoms with Crippen molar-refractivity contribution in [3.8, 4) is 5.75 Å². The number of hydrogen-bond donors (Lipinski definition) is 1. The van der Waals surface area contributed by atoms with Crippen LogP contribution in [-0.4, -0.2) is 19.0 Å². The van der Waals surface area contributed by atoms with Gasteiger partial charge in [-0.3, -0.25) is 0 Å². The van der Waals surface area contributed by atoms with Crippen LogP contribution in [0.2, 0.25) is 0 Å². The fourth-order valence-corrected chi connectivity index (χ4v) is 3.65. The Labute approximate surface area is 175 Å². The van der Waals surface area contributed by atoms with Gasteiger partial charge in [-0.1, -0.05) is 48.0 Å². The van der Waals surface area contributed by atoms with Gasteiger partial charge in [0.25, 0.3) is 0 Å². The van der Waals surface area contributed by atoms with Crippen molar-refractivity contribution in [1.82, 2.24) is 5.32 Å². The van der Waals surface area contributed by atoms with Crippen molar-refractivity contribution < 1.29 is 24.2 Å². The van der Waals surface area contributed by atoms with Gasteiger partial charge in [0.15, 0.2) is 0 Å². The van der Waals surface area contributed by atoms with E-state index in [4.69, 9.17) is 9.47 Å². The van der Waals surface area contributed by atoms with Crippen LogP contribution in [0.4, 0.5) is 0 Å². The van der Waals surface area contributed by atoms with E-state index < -0.39 is 17.9 Å². The average Bonchev–Trinajstić information content (AvgIpc) is 2.72. The van der Waals surface area contributed by atoms with Crippen LogP contribution in [0.1, 0.15) is 36.5 Å². The molecule has 6 nitrogen and oxygen atoms in total. The van der Waals surface area contributed by atoms with E-state index in [0.717, 1.165) is 11.1 Å². The summed E-state index contributed by atoms with van der Waals surface area (Å²) in [6, 6.07) is 15.1. The fourth-order valence-electron chi connectivity index (χ4n) is 3.65. The highest BCUT2D eigenvalue weighted by Gasteiger charge is 2.35. The molecule has 3 rings (SSSR count). The van der Waals surface area contributed by atoms with Gasteiger partial charge in [-0.2, -0.15) is 0 Å². The van der Waals surface area contributed by atoms with Gasteiger partial charge in [0.05, 0.1) is 24.6 Å². The van der Waals surface area contributed by atoms with E-state index in [9.17, 15) is 14.7 Å². The summed E-state index contributed by atoms with van der Waals surface area (Å²) in [6.07, 6.45) is 0. The molecule has 0 saturated carbocycles. The molecule has 6 heteroatoms. The number of hydrogen-bond acceptors (Lipinski definition) is 6. The predicted octanol–water partition coefficient (Wildman–Crippen LogP) is 2.73. The molecule has 0 aliphatic carbocycles. The van der Waals surface area contributed by atoms with Crippen molar-refractivity contribution >= 4 is 11.9 Å². The lowest BCUT2D eigenvalue weighted by Crippen LogP contribution is -2.37. The summed E-state index contributed by atoms with van der Waals surface area (Å²) in [5.74, 6) is -2.35. The van der Waals surface area contributed by atoms with Gasteiger partial charge < -0.3 is 24.7 Å². The summed E-state index contributed by atoms with van der Waals surface area (Å²) in [6.45, 7) is 5.67. The normalized spacial score (nSPS) is 16.2. The number of dihydropyridines is 1. The highest BCUT2D eigenvalue weighted by molar-refractivity contribution is 5.98. The molecule has 1 unspecified atom stereocenters. The SMILES string of the molecule is COC(=O)C1=C(C)NC(C)=C(C(=O)[O-])C1c1ccccc1OCc1ccc(C)cc1. The first-order valence-corrected chi connectivity index (χ1v) is 9.59. The number of esters is 1. The second-order valence-corrected chi connectivity index (χ2v) is 7.23. The lowest BCUT2D eigenvalue weighted by molar-refractivity contribution is -0.299. The van der Waals surface area contributed by atoms with E-state index in [0.29, 0.717) is 29.3 Å². The minimum atomic E-state index is -1.35. The Bertz CT molecular complexity index is 1030. The summed E-state index contributed by atoms with van der Waals surface area (Å²) in [7, 11) is 1.27. The standard InChI is InChI=1S/C24H25NO5/c1-14-9-11-17(12-10-14)13-30-19-8-6-5-7-18(19)22-20(23(26)27)15(2)25-16(3)21(22)24(28)29-4/h5-12,22,25H,13H2,1-4H3,(H,26,27)/p-1. The molecule has 156 valence electrons. The average molecular weight is 406 g/mol. The van der Waals surface area contributed by atoms with Crippen molar-refractivity contribution in [2.24, 2.45) is 0 Å². The molecule has 0 amide bonds. The maximum Gasteiger partial charge on any atom is 0.336 e. The smallest absolute Gasteiger partial charge is 0.336 e. The van der Waals surface area contributed by atoms with Crippen LogP contribution in [0.25, 0.3) is 0 Å². The Hall–Kier alpha value is -3.54. The number of nitrogens with one attached hydrogen (secondary N) is 1. The van der Waals surface area contributed by atoms with Crippen molar-refractivity contribution in [2.45, 2.75) is 33.3 Å². The Morgan fingerprint density at radius 2 is 1.60 bits per heavy atom. The molecular formula is C24H24NO5-. The molecule has 1 aliphatic rings. The molecule has 0 spiro atoms. The molecule has 1 atom stereocenters. The first kappa shape index (κ1) is 21.2. The predicted molar refractivity (Wildman–Crippen MR) is 110 cm³/mol. The molecule has 2 aromatic carbocycles. The van der Waals surface area contributed by atoms with Gasteiger partial charge in [0.1, 0.15) is 12.4 Å². The molecule has 0 saturated heterocycles. The summed E-state index contributed by atoms with van der Waals surface area (Å²) in [5, 5.41) is 15.0. The summed E-state index contributed by atoms with van der Waals surface area (Å²) in [5.41, 5.74) is 3.83. The second-order valence-electron chi connectivity index (χ2n) is 7.23. The Morgan fingerprint density at radius 1 is 0.967 bits per heavy atom. The van der Waals surface area contributed by atoms with Crippen LogP contribution in [0.15, 0.2) is 71.1 Å². The first-order chi connectivity index (χ1) is 14.3. The molecule has 30 heavy (non-hydrogen) atoms. The Balaban J connectivity index is 2.06. The van der Waals surface area contributed by atoms with Crippen LogP contribution >= 0.6 is 0 Å². The lowest BCUT2D eigenvalue weighted by atomic mass is 9.80. The number of aryl methyl sites for hydroxylation is 1. The number of rotatable bonds is 6. The fraction of sp³-hybridized carbons (Fsp3) is 0.250. The quantitative estimate of drug-likeness (QED) is 0.743. The highest BCUT2D eigenvalue weighted by Crippen LogP contribution is 2.42. The summed E-state index contributed by atoms with van der Waals surface area (Å²) in [4.78, 5) is 24.6. The Morgan fingerprint density at radius 3 is 2.23 bits per heavy atom. The zero-order valence-electron chi connectivity index (χ0n) is 17.4. The van der Waals surface area contributed by atoms with E-state index >= 15 is 0 Å². The van der Waals surface area contributed by atoms with E-state index in [1.54, 1.807) is 38.1 Å². The van der Waals surface area contributed by atoms with Crippen LogP contribution in [0.5, 0.6) is 5.75 Å². The van der Waals surface area contributed by atoms with E-state index in [1.165, 1.54) is 7.11 Å². The molecule has 1 heterocycles. The molecular weight excluding hydrogens is 382 g/mol. The molecule has 2 aromatic rings. The molecule has 0 radical (unpaired) electrons. The van der Waals surface area contributed by atoms with E-state index in [-0.39, 0.29) is 11.1 Å². The second kappa shape index (κ2) is 8.86. The number of carboxylic acids is 1. The van der Waals surface area contributed by atoms with Gasteiger partial charge in [-0.05, 0) is 32.4 Å². The molecule has 0 bridgehead atoms. The van der Waals surface area contributed by atoms with Crippen molar-refractivity contribution in [2.75, 3.05) is 7.11 Å². The van der Waals surface area contributed by atoms with Gasteiger partial charge in [0, 0.05) is 22.5 Å². The maximum atomic E-state index is 12.6. The third-order valence-electron chi connectivity index (χ3n) is 5.13. The van der Waals surface area contributed by atoms with Crippen molar-refractivity contribution in [1.29, 1.82) is 0 Å². The maximum absolute atomic E-state index is 12.6. The zero-order valence-corrected chi connectivity index (χ0v) is 17.4. The van der Waals surface area contributed by atoms with Gasteiger partial charge >= 0.3 is 5.97 Å². The highest BCUT2D eigenvalue weighted by atomic mass is 16.5. The topological polar surface area (TPSA) is 87.7 Å². The number of carbonyl (C=O) groups is 2. The number of methoxy groups -OCH3 is 1. The minimum Gasteiger partial charge on any atom is -0.545 e. The molecule has 0 fully saturated rings.